The van der Waals surface area contributed by atoms with Gasteiger partial charge in [-0.05, 0) is 25.5 Å². The molecule has 0 spiro atoms. The zero-order valence-electron chi connectivity index (χ0n) is 12.2. The molecule has 5 heteroatoms. The summed E-state index contributed by atoms with van der Waals surface area (Å²) in [6, 6.07) is 6.79. The second kappa shape index (κ2) is 5.31. The standard InChI is InChI=1S/C16H18FN3O/c1-10-14(11(2)19-18-10)7-16(21)20-8-12(9-20)13-5-3-4-6-15(13)17/h3-6,12H,7-9H2,1-2H3,(H,18,19). The summed E-state index contributed by atoms with van der Waals surface area (Å²) < 4.78 is 13.7. The fraction of sp³-hybridized carbons (Fsp3) is 0.375. The number of rotatable bonds is 3. The Morgan fingerprint density at radius 1 is 1.38 bits per heavy atom. The lowest BCUT2D eigenvalue weighted by Crippen LogP contribution is -2.49. The molecule has 0 unspecified atom stereocenters. The van der Waals surface area contributed by atoms with Crippen molar-refractivity contribution in [3.8, 4) is 0 Å². The smallest absolute Gasteiger partial charge is 0.227 e. The van der Waals surface area contributed by atoms with Crippen LogP contribution in [0.4, 0.5) is 4.39 Å². The van der Waals surface area contributed by atoms with E-state index in [9.17, 15) is 9.18 Å². The number of hydrogen-bond donors (Lipinski definition) is 1. The quantitative estimate of drug-likeness (QED) is 0.942. The molecule has 0 bridgehead atoms. The molecule has 0 atom stereocenters. The van der Waals surface area contributed by atoms with E-state index < -0.39 is 0 Å². The van der Waals surface area contributed by atoms with E-state index in [1.807, 2.05) is 19.9 Å². The first-order valence-electron chi connectivity index (χ1n) is 7.09. The maximum absolute atomic E-state index is 13.7. The van der Waals surface area contributed by atoms with Gasteiger partial charge in [-0.1, -0.05) is 18.2 Å². The van der Waals surface area contributed by atoms with E-state index in [0.29, 0.717) is 25.1 Å². The van der Waals surface area contributed by atoms with Gasteiger partial charge in [-0.15, -0.1) is 0 Å². The van der Waals surface area contributed by atoms with Crippen LogP contribution in [0.2, 0.25) is 0 Å². The SMILES string of the molecule is Cc1n[nH]c(C)c1CC(=O)N1CC(c2ccccc2F)C1. The lowest BCUT2D eigenvalue weighted by atomic mass is 9.90. The summed E-state index contributed by atoms with van der Waals surface area (Å²) in [7, 11) is 0. The molecule has 2 aromatic rings. The minimum Gasteiger partial charge on any atom is -0.341 e. The molecule has 2 heterocycles. The van der Waals surface area contributed by atoms with E-state index in [1.54, 1.807) is 17.0 Å². The normalized spacial score (nSPS) is 15.1. The Hall–Kier alpha value is -2.17. The number of aromatic nitrogens is 2. The molecule has 1 saturated heterocycles. The molecular weight excluding hydrogens is 269 g/mol. The Balaban J connectivity index is 1.62. The summed E-state index contributed by atoms with van der Waals surface area (Å²) in [6.45, 7) is 5.00. The van der Waals surface area contributed by atoms with Crippen LogP contribution in [-0.4, -0.2) is 34.1 Å². The van der Waals surface area contributed by atoms with Crippen molar-refractivity contribution in [3.05, 3.63) is 52.6 Å². The minimum atomic E-state index is -0.184. The van der Waals surface area contributed by atoms with Gasteiger partial charge in [0.25, 0.3) is 0 Å². The van der Waals surface area contributed by atoms with E-state index in [2.05, 4.69) is 10.2 Å². The Kier molecular flexibility index (Phi) is 3.49. The van der Waals surface area contributed by atoms with Crippen molar-refractivity contribution in [2.75, 3.05) is 13.1 Å². The predicted molar refractivity (Wildman–Crippen MR) is 77.5 cm³/mol. The molecule has 21 heavy (non-hydrogen) atoms. The van der Waals surface area contributed by atoms with Crippen LogP contribution in [0.15, 0.2) is 24.3 Å². The summed E-state index contributed by atoms with van der Waals surface area (Å²) in [4.78, 5) is 14.0. The Bertz CT molecular complexity index is 654. The number of aryl methyl sites for hydroxylation is 2. The molecule has 1 amide bonds. The fourth-order valence-corrected chi connectivity index (χ4v) is 2.78. The van der Waals surface area contributed by atoms with E-state index in [4.69, 9.17) is 0 Å². The summed E-state index contributed by atoms with van der Waals surface area (Å²) in [6.07, 6.45) is 0.359. The molecule has 1 aromatic heterocycles. The number of hydrogen-bond acceptors (Lipinski definition) is 2. The largest absolute Gasteiger partial charge is 0.341 e. The van der Waals surface area contributed by atoms with Crippen LogP contribution in [0.25, 0.3) is 0 Å². The van der Waals surface area contributed by atoms with Gasteiger partial charge >= 0.3 is 0 Å². The van der Waals surface area contributed by atoms with Crippen molar-refractivity contribution < 1.29 is 9.18 Å². The first kappa shape index (κ1) is 13.8. The van der Waals surface area contributed by atoms with Crippen molar-refractivity contribution in [2.45, 2.75) is 26.2 Å². The number of benzene rings is 1. The predicted octanol–water partition coefficient (Wildman–Crippen LogP) is 2.33. The number of amides is 1. The van der Waals surface area contributed by atoms with E-state index >= 15 is 0 Å². The zero-order valence-corrected chi connectivity index (χ0v) is 12.2. The van der Waals surface area contributed by atoms with Crippen LogP contribution in [0.3, 0.4) is 0 Å². The summed E-state index contributed by atoms with van der Waals surface area (Å²) in [5.74, 6) is 0.00741. The molecule has 1 aromatic carbocycles. The molecule has 1 aliphatic heterocycles. The van der Waals surface area contributed by atoms with Gasteiger partial charge in [0.15, 0.2) is 0 Å². The number of aromatic amines is 1. The minimum absolute atomic E-state index is 0.0789. The lowest BCUT2D eigenvalue weighted by Gasteiger charge is -2.39. The monoisotopic (exact) mass is 287 g/mol. The fourth-order valence-electron chi connectivity index (χ4n) is 2.78. The van der Waals surface area contributed by atoms with Gasteiger partial charge in [0.1, 0.15) is 5.82 Å². The van der Waals surface area contributed by atoms with Crippen molar-refractivity contribution in [2.24, 2.45) is 0 Å². The lowest BCUT2D eigenvalue weighted by molar-refractivity contribution is -0.134. The van der Waals surface area contributed by atoms with E-state index in [1.165, 1.54) is 6.07 Å². The number of nitrogens with zero attached hydrogens (tertiary/aromatic N) is 2. The van der Waals surface area contributed by atoms with Crippen molar-refractivity contribution in [3.63, 3.8) is 0 Å². The van der Waals surface area contributed by atoms with Gasteiger partial charge < -0.3 is 4.90 Å². The first-order valence-corrected chi connectivity index (χ1v) is 7.09. The number of carbonyl (C=O) groups excluding carboxylic acids is 1. The van der Waals surface area contributed by atoms with Crippen LogP contribution in [0.1, 0.15) is 28.4 Å². The third-order valence-corrected chi connectivity index (χ3v) is 4.19. The highest BCUT2D eigenvalue weighted by Crippen LogP contribution is 2.29. The van der Waals surface area contributed by atoms with Crippen molar-refractivity contribution >= 4 is 5.91 Å². The van der Waals surface area contributed by atoms with Crippen LogP contribution in [0.5, 0.6) is 0 Å². The van der Waals surface area contributed by atoms with Crippen molar-refractivity contribution in [1.29, 1.82) is 0 Å². The Morgan fingerprint density at radius 3 is 2.71 bits per heavy atom. The molecule has 1 aliphatic rings. The summed E-state index contributed by atoms with van der Waals surface area (Å²) in [5.41, 5.74) is 3.48. The number of nitrogens with one attached hydrogen (secondary N) is 1. The third kappa shape index (κ3) is 2.55. The van der Waals surface area contributed by atoms with Gasteiger partial charge in [0.2, 0.25) is 5.91 Å². The zero-order chi connectivity index (χ0) is 15.0. The maximum atomic E-state index is 13.7. The van der Waals surface area contributed by atoms with Gasteiger partial charge in [0.05, 0.1) is 12.1 Å². The summed E-state index contributed by atoms with van der Waals surface area (Å²) >= 11 is 0. The number of carbonyl (C=O) groups is 1. The van der Waals surface area contributed by atoms with Gasteiger partial charge in [0, 0.05) is 30.3 Å². The van der Waals surface area contributed by atoms with Gasteiger partial charge in [-0.3, -0.25) is 9.89 Å². The molecule has 0 radical (unpaired) electrons. The molecule has 1 fully saturated rings. The molecule has 0 aliphatic carbocycles. The van der Waals surface area contributed by atoms with Crippen LogP contribution >= 0.6 is 0 Å². The highest BCUT2D eigenvalue weighted by molar-refractivity contribution is 5.80. The molecule has 4 nitrogen and oxygen atoms in total. The molecule has 3 rings (SSSR count). The average Bonchev–Trinajstić information content (AvgIpc) is 2.71. The topological polar surface area (TPSA) is 49.0 Å². The van der Waals surface area contributed by atoms with Crippen LogP contribution in [-0.2, 0) is 11.2 Å². The van der Waals surface area contributed by atoms with Crippen molar-refractivity contribution in [1.82, 2.24) is 15.1 Å². The first-order chi connectivity index (χ1) is 10.1. The number of H-pyrrole nitrogens is 1. The highest BCUT2D eigenvalue weighted by atomic mass is 19.1. The molecule has 110 valence electrons. The van der Waals surface area contributed by atoms with E-state index in [0.717, 1.165) is 17.0 Å². The molecule has 0 saturated carbocycles. The summed E-state index contributed by atoms with van der Waals surface area (Å²) in [5, 5.41) is 6.99. The Labute approximate surface area is 123 Å². The molecular formula is C16H18FN3O. The second-order valence-electron chi connectivity index (χ2n) is 5.61. The Morgan fingerprint density at radius 2 is 2.10 bits per heavy atom. The number of halogens is 1. The van der Waals surface area contributed by atoms with Crippen LogP contribution in [0, 0.1) is 19.7 Å². The highest BCUT2D eigenvalue weighted by Gasteiger charge is 2.33. The average molecular weight is 287 g/mol. The maximum Gasteiger partial charge on any atom is 0.227 e. The van der Waals surface area contributed by atoms with Crippen LogP contribution < -0.4 is 0 Å². The van der Waals surface area contributed by atoms with Gasteiger partial charge in [-0.25, -0.2) is 4.39 Å². The van der Waals surface area contributed by atoms with Gasteiger partial charge in [-0.2, -0.15) is 5.10 Å². The third-order valence-electron chi connectivity index (χ3n) is 4.19. The molecule has 1 N–H and O–H groups in total. The van der Waals surface area contributed by atoms with E-state index in [-0.39, 0.29) is 17.6 Å². The number of likely N-dealkylation sites (tertiary alicyclic amines) is 1. The second-order valence-corrected chi connectivity index (χ2v) is 5.61.